The van der Waals surface area contributed by atoms with Gasteiger partial charge in [0.2, 0.25) is 0 Å². The lowest BCUT2D eigenvalue weighted by atomic mass is 10.1. The summed E-state index contributed by atoms with van der Waals surface area (Å²) >= 11 is 0. The fourth-order valence-corrected chi connectivity index (χ4v) is 2.69. The molecule has 1 aliphatic heterocycles. The molecule has 1 aliphatic rings. The molecule has 0 atom stereocenters. The van der Waals surface area contributed by atoms with Crippen LogP contribution in [0.5, 0.6) is 0 Å². The molecule has 1 amide bonds. The highest BCUT2D eigenvalue weighted by molar-refractivity contribution is 5.74. The van der Waals surface area contributed by atoms with Crippen molar-refractivity contribution >= 4 is 17.1 Å². The molecule has 2 aromatic rings. The first-order valence-corrected chi connectivity index (χ1v) is 8.27. The molecular weight excluding hydrogens is 302 g/mol. The quantitative estimate of drug-likeness (QED) is 0.789. The highest BCUT2D eigenvalue weighted by Crippen LogP contribution is 2.19. The molecule has 1 saturated heterocycles. The topological polar surface area (TPSA) is 55.3 Å². The van der Waals surface area contributed by atoms with E-state index in [-0.39, 0.29) is 6.09 Å². The van der Waals surface area contributed by atoms with Crippen molar-refractivity contribution in [2.45, 2.75) is 39.2 Å². The van der Waals surface area contributed by atoms with Gasteiger partial charge in [-0.05, 0) is 51.5 Å². The molecule has 5 nitrogen and oxygen atoms in total. The summed E-state index contributed by atoms with van der Waals surface area (Å²) in [5.41, 5.74) is 2.56. The fourth-order valence-electron chi connectivity index (χ4n) is 2.69. The zero-order valence-electron chi connectivity index (χ0n) is 14.5. The number of likely N-dealkylation sites (tertiary alicyclic amines) is 1. The minimum atomic E-state index is -0.453. The molecule has 5 heteroatoms. The molecule has 0 spiro atoms. The Morgan fingerprint density at radius 3 is 2.96 bits per heavy atom. The molecule has 0 saturated carbocycles. The number of hydrogen-bond acceptors (Lipinski definition) is 4. The van der Waals surface area contributed by atoms with Gasteiger partial charge in [0.1, 0.15) is 5.60 Å². The van der Waals surface area contributed by atoms with Gasteiger partial charge in [-0.1, -0.05) is 11.6 Å². The van der Waals surface area contributed by atoms with Crippen LogP contribution >= 0.6 is 0 Å². The smallest absolute Gasteiger partial charge is 0.410 e. The van der Waals surface area contributed by atoms with Crippen LogP contribution in [-0.2, 0) is 11.2 Å². The number of allylic oxidation sites excluding steroid dienone is 1. The van der Waals surface area contributed by atoms with Crippen molar-refractivity contribution in [3.05, 3.63) is 47.8 Å². The van der Waals surface area contributed by atoms with Crippen molar-refractivity contribution < 1.29 is 9.53 Å². The Hall–Kier alpha value is -2.43. The van der Waals surface area contributed by atoms with Gasteiger partial charge in [0.05, 0.1) is 0 Å². The molecule has 0 radical (unpaired) electrons. The van der Waals surface area contributed by atoms with Gasteiger partial charge in [0, 0.05) is 36.8 Å². The van der Waals surface area contributed by atoms with E-state index >= 15 is 0 Å². The zero-order chi connectivity index (χ0) is 17.2. The molecule has 1 fully saturated rings. The third-order valence-electron chi connectivity index (χ3n) is 3.87. The van der Waals surface area contributed by atoms with Gasteiger partial charge in [-0.15, -0.1) is 0 Å². The van der Waals surface area contributed by atoms with Crippen LogP contribution in [0.2, 0.25) is 0 Å². The normalized spacial score (nSPS) is 16.8. The monoisotopic (exact) mass is 325 g/mol. The Labute approximate surface area is 142 Å². The number of aromatic nitrogens is 2. The number of nitrogens with zero attached hydrogens (tertiary/aromatic N) is 3. The Morgan fingerprint density at radius 2 is 2.17 bits per heavy atom. The molecule has 24 heavy (non-hydrogen) atoms. The molecule has 0 bridgehead atoms. The molecule has 0 unspecified atom stereocenters. The van der Waals surface area contributed by atoms with Crippen molar-refractivity contribution in [3.63, 3.8) is 0 Å². The highest BCUT2D eigenvalue weighted by atomic mass is 16.6. The van der Waals surface area contributed by atoms with E-state index in [0.29, 0.717) is 13.1 Å². The molecule has 0 aromatic carbocycles. The van der Waals surface area contributed by atoms with Gasteiger partial charge in [0.25, 0.3) is 0 Å². The second-order valence-corrected chi connectivity index (χ2v) is 7.07. The maximum absolute atomic E-state index is 12.1. The van der Waals surface area contributed by atoms with Crippen LogP contribution in [0.15, 0.2) is 42.1 Å². The Bertz CT molecular complexity index is 778. The van der Waals surface area contributed by atoms with Gasteiger partial charge in [-0.2, -0.15) is 0 Å². The van der Waals surface area contributed by atoms with Crippen LogP contribution in [0.4, 0.5) is 4.79 Å². The average molecular weight is 325 g/mol. The second kappa shape index (κ2) is 6.59. The molecular formula is C19H23N3O2. The van der Waals surface area contributed by atoms with Gasteiger partial charge in [-0.3, -0.25) is 0 Å². The van der Waals surface area contributed by atoms with Crippen LogP contribution in [0.25, 0.3) is 11.0 Å². The number of fused-ring (bicyclic) bond motifs is 1. The van der Waals surface area contributed by atoms with Crippen molar-refractivity contribution in [1.82, 2.24) is 14.9 Å². The van der Waals surface area contributed by atoms with Crippen LogP contribution < -0.4 is 0 Å². The Morgan fingerprint density at radius 1 is 1.33 bits per heavy atom. The van der Waals surface area contributed by atoms with E-state index in [0.717, 1.165) is 29.6 Å². The van der Waals surface area contributed by atoms with E-state index in [1.54, 1.807) is 11.1 Å². The molecule has 3 heterocycles. The minimum Gasteiger partial charge on any atom is -0.444 e. The van der Waals surface area contributed by atoms with Crippen LogP contribution in [0.1, 0.15) is 32.9 Å². The Kier molecular flexibility index (Phi) is 4.51. The molecule has 126 valence electrons. The third kappa shape index (κ3) is 4.10. The predicted octanol–water partition coefficient (Wildman–Crippen LogP) is 3.74. The number of carbonyl (C=O) groups excluding carboxylic acids is 1. The van der Waals surface area contributed by atoms with E-state index in [1.165, 1.54) is 5.57 Å². The molecule has 2 aromatic heterocycles. The van der Waals surface area contributed by atoms with Crippen molar-refractivity contribution in [2.75, 3.05) is 13.1 Å². The van der Waals surface area contributed by atoms with Gasteiger partial charge < -0.3 is 9.64 Å². The van der Waals surface area contributed by atoms with E-state index in [4.69, 9.17) is 4.74 Å². The van der Waals surface area contributed by atoms with E-state index < -0.39 is 5.60 Å². The minimum absolute atomic E-state index is 0.237. The van der Waals surface area contributed by atoms with Crippen LogP contribution in [0, 0.1) is 0 Å². The summed E-state index contributed by atoms with van der Waals surface area (Å²) in [6.07, 6.45) is 5.34. The van der Waals surface area contributed by atoms with Gasteiger partial charge in [-0.25, -0.2) is 14.8 Å². The highest BCUT2D eigenvalue weighted by Gasteiger charge is 2.26. The molecule has 0 N–H and O–H groups in total. The van der Waals surface area contributed by atoms with Gasteiger partial charge in [0.15, 0.2) is 5.65 Å². The SMILES string of the molecule is CC(C)(C)OC(=O)N1CC/C(=C\Cc2ccc3cccnc3n2)C1. The standard InChI is InChI=1S/C19H23N3O2/c1-19(2,3)24-18(23)22-12-10-14(13-22)6-8-16-9-7-15-5-4-11-20-17(15)21-16/h4-7,9,11H,8,10,12-13H2,1-3H3/b14-6+. The van der Waals surface area contributed by atoms with Crippen LogP contribution in [0.3, 0.4) is 0 Å². The van der Waals surface area contributed by atoms with E-state index in [1.807, 2.05) is 45.0 Å². The maximum Gasteiger partial charge on any atom is 0.410 e. The summed E-state index contributed by atoms with van der Waals surface area (Å²) in [4.78, 5) is 22.7. The van der Waals surface area contributed by atoms with E-state index in [2.05, 4.69) is 16.0 Å². The fraction of sp³-hybridized carbons (Fsp3) is 0.421. The van der Waals surface area contributed by atoms with Crippen molar-refractivity contribution in [2.24, 2.45) is 0 Å². The first-order chi connectivity index (χ1) is 11.4. The Balaban J connectivity index is 1.62. The first kappa shape index (κ1) is 16.4. The largest absolute Gasteiger partial charge is 0.444 e. The van der Waals surface area contributed by atoms with Crippen LogP contribution in [-0.4, -0.2) is 39.7 Å². The number of amides is 1. The number of hydrogen-bond donors (Lipinski definition) is 0. The summed E-state index contributed by atoms with van der Waals surface area (Å²) in [5.74, 6) is 0. The first-order valence-electron chi connectivity index (χ1n) is 8.27. The third-order valence-corrected chi connectivity index (χ3v) is 3.87. The molecule has 0 aliphatic carbocycles. The second-order valence-electron chi connectivity index (χ2n) is 7.07. The van der Waals surface area contributed by atoms with Gasteiger partial charge >= 0.3 is 6.09 Å². The zero-order valence-corrected chi connectivity index (χ0v) is 14.5. The average Bonchev–Trinajstić information content (AvgIpc) is 3.00. The number of pyridine rings is 2. The lowest BCUT2D eigenvalue weighted by Gasteiger charge is -2.23. The number of rotatable bonds is 2. The summed E-state index contributed by atoms with van der Waals surface area (Å²) < 4.78 is 5.42. The summed E-state index contributed by atoms with van der Waals surface area (Å²) in [6, 6.07) is 8.00. The lowest BCUT2D eigenvalue weighted by molar-refractivity contribution is 0.0299. The predicted molar refractivity (Wildman–Crippen MR) is 93.7 cm³/mol. The number of carbonyl (C=O) groups is 1. The lowest BCUT2D eigenvalue weighted by Crippen LogP contribution is -2.34. The van der Waals surface area contributed by atoms with Crippen molar-refractivity contribution in [1.29, 1.82) is 0 Å². The van der Waals surface area contributed by atoms with E-state index in [9.17, 15) is 4.79 Å². The van der Waals surface area contributed by atoms with Crippen molar-refractivity contribution in [3.8, 4) is 0 Å². The molecule has 3 rings (SSSR count). The number of ether oxygens (including phenoxy) is 1. The summed E-state index contributed by atoms with van der Waals surface area (Å²) in [6.45, 7) is 7.01. The summed E-state index contributed by atoms with van der Waals surface area (Å²) in [7, 11) is 0. The maximum atomic E-state index is 12.1. The summed E-state index contributed by atoms with van der Waals surface area (Å²) in [5, 5.41) is 1.05.